The normalized spacial score (nSPS) is 21.8. The van der Waals surface area contributed by atoms with Gasteiger partial charge in [-0.2, -0.15) is 0 Å². The van der Waals surface area contributed by atoms with Gasteiger partial charge in [0, 0.05) is 24.4 Å². The molecule has 4 nitrogen and oxygen atoms in total. The number of hydrogen-bond donors (Lipinski definition) is 1. The predicted molar refractivity (Wildman–Crippen MR) is 102 cm³/mol. The molecule has 0 amide bonds. The number of rotatable bonds is 2. The van der Waals surface area contributed by atoms with E-state index in [1.54, 1.807) is 6.26 Å². The topological polar surface area (TPSA) is 43.6 Å². The van der Waals surface area contributed by atoms with Gasteiger partial charge in [0.25, 0.3) is 5.79 Å². The molecule has 3 aromatic rings. The third-order valence-electron chi connectivity index (χ3n) is 5.04. The molecule has 5 heteroatoms. The molecule has 0 fully saturated rings. The van der Waals surface area contributed by atoms with Gasteiger partial charge < -0.3 is 19.2 Å². The van der Waals surface area contributed by atoms with E-state index in [2.05, 4.69) is 17.5 Å². The second-order valence-corrected chi connectivity index (χ2v) is 7.13. The van der Waals surface area contributed by atoms with E-state index in [1.165, 1.54) is 5.57 Å². The summed E-state index contributed by atoms with van der Waals surface area (Å²) in [4.78, 5) is 0. The van der Waals surface area contributed by atoms with E-state index in [0.29, 0.717) is 10.6 Å². The van der Waals surface area contributed by atoms with E-state index >= 15 is 0 Å². The molecule has 5 rings (SSSR count). The molecule has 132 valence electrons. The Kier molecular flexibility index (Phi) is 3.52. The van der Waals surface area contributed by atoms with E-state index in [9.17, 15) is 0 Å². The van der Waals surface area contributed by atoms with Gasteiger partial charge in [-0.05, 0) is 42.8 Å². The molecular formula is C21H18ClNO3. The van der Waals surface area contributed by atoms with Crippen molar-refractivity contribution in [1.82, 2.24) is 5.32 Å². The first-order chi connectivity index (χ1) is 12.7. The third-order valence-corrected chi connectivity index (χ3v) is 5.37. The number of fused-ring (bicyclic) bond motifs is 2. The quantitative estimate of drug-likeness (QED) is 0.683. The zero-order valence-corrected chi connectivity index (χ0v) is 15.1. The maximum Gasteiger partial charge on any atom is 0.279 e. The summed E-state index contributed by atoms with van der Waals surface area (Å²) in [6.07, 6.45) is 4.82. The SMILES string of the molecule is CC1(c2ccc(Cl)c3ccoc23)Oc2cccc(C3=CCNCC3)c2O1. The van der Waals surface area contributed by atoms with Gasteiger partial charge in [0.05, 0.1) is 16.8 Å². The molecule has 0 bridgehead atoms. The van der Waals surface area contributed by atoms with Crippen molar-refractivity contribution in [2.45, 2.75) is 19.1 Å². The monoisotopic (exact) mass is 367 g/mol. The van der Waals surface area contributed by atoms with E-state index in [1.807, 2.05) is 37.3 Å². The predicted octanol–water partition coefficient (Wildman–Crippen LogP) is 5.11. The highest BCUT2D eigenvalue weighted by atomic mass is 35.5. The molecule has 2 aliphatic heterocycles. The average molecular weight is 368 g/mol. The highest BCUT2D eigenvalue weighted by Gasteiger charge is 2.42. The zero-order valence-electron chi connectivity index (χ0n) is 14.3. The van der Waals surface area contributed by atoms with Crippen LogP contribution in [-0.4, -0.2) is 13.1 Å². The van der Waals surface area contributed by atoms with Crippen LogP contribution in [0.4, 0.5) is 0 Å². The van der Waals surface area contributed by atoms with Gasteiger partial charge in [-0.1, -0.05) is 29.8 Å². The lowest BCUT2D eigenvalue weighted by Gasteiger charge is -2.24. The second-order valence-electron chi connectivity index (χ2n) is 6.72. The Labute approximate surface area is 156 Å². The number of benzene rings is 2. The molecule has 0 aliphatic carbocycles. The van der Waals surface area contributed by atoms with Gasteiger partial charge in [0.2, 0.25) is 0 Å². The lowest BCUT2D eigenvalue weighted by atomic mass is 9.99. The fourth-order valence-electron chi connectivity index (χ4n) is 3.74. The van der Waals surface area contributed by atoms with Crippen molar-refractivity contribution in [3.8, 4) is 11.5 Å². The van der Waals surface area contributed by atoms with Crippen LogP contribution in [0.2, 0.25) is 5.02 Å². The number of nitrogens with one attached hydrogen (secondary N) is 1. The fraction of sp³-hybridized carbons (Fsp3) is 0.238. The van der Waals surface area contributed by atoms with E-state index in [-0.39, 0.29) is 0 Å². The standard InChI is InChI=1S/C21H18ClNO3/c1-21(16-5-6-17(22)15-9-12-24-19(15)16)25-18-4-2-3-14(20(18)26-21)13-7-10-23-11-8-13/h2-7,9,12,23H,8,10-11H2,1H3. The van der Waals surface area contributed by atoms with Crippen LogP contribution in [0.5, 0.6) is 11.5 Å². The lowest BCUT2D eigenvalue weighted by Crippen LogP contribution is -2.31. The molecule has 2 aliphatic rings. The second kappa shape index (κ2) is 5.79. The summed E-state index contributed by atoms with van der Waals surface area (Å²) in [5, 5.41) is 4.85. The van der Waals surface area contributed by atoms with E-state index < -0.39 is 5.79 Å². The minimum absolute atomic E-state index is 0.650. The third kappa shape index (κ3) is 2.33. The number of hydrogen-bond acceptors (Lipinski definition) is 4. The number of furan rings is 1. The summed E-state index contributed by atoms with van der Waals surface area (Å²) >= 11 is 6.28. The number of ether oxygens (including phenoxy) is 2. The van der Waals surface area contributed by atoms with Crippen LogP contribution in [0.25, 0.3) is 16.5 Å². The summed E-state index contributed by atoms with van der Waals surface area (Å²) in [6.45, 7) is 3.76. The average Bonchev–Trinajstić information content (AvgIpc) is 3.27. The molecular weight excluding hydrogens is 350 g/mol. The van der Waals surface area contributed by atoms with Gasteiger partial charge in [-0.15, -0.1) is 0 Å². The van der Waals surface area contributed by atoms with Crippen LogP contribution in [-0.2, 0) is 5.79 Å². The Bertz CT molecular complexity index is 1040. The van der Waals surface area contributed by atoms with Crippen molar-refractivity contribution in [1.29, 1.82) is 0 Å². The summed E-state index contributed by atoms with van der Waals surface area (Å²) in [7, 11) is 0. The van der Waals surface area contributed by atoms with Crippen LogP contribution in [0.1, 0.15) is 24.5 Å². The summed E-state index contributed by atoms with van der Waals surface area (Å²) in [5.41, 5.74) is 3.89. The van der Waals surface area contributed by atoms with E-state index in [0.717, 1.165) is 47.5 Å². The smallest absolute Gasteiger partial charge is 0.279 e. The Hall–Kier alpha value is -2.43. The van der Waals surface area contributed by atoms with Crippen LogP contribution in [0.15, 0.2) is 53.2 Å². The van der Waals surface area contributed by atoms with Gasteiger partial charge in [0.15, 0.2) is 11.5 Å². The van der Waals surface area contributed by atoms with Crippen LogP contribution in [0.3, 0.4) is 0 Å². The number of para-hydroxylation sites is 1. The molecule has 1 atom stereocenters. The maximum absolute atomic E-state index is 6.40. The van der Waals surface area contributed by atoms with Gasteiger partial charge >= 0.3 is 0 Å². The maximum atomic E-state index is 6.40. The first-order valence-corrected chi connectivity index (χ1v) is 9.11. The van der Waals surface area contributed by atoms with Crippen LogP contribution >= 0.6 is 11.6 Å². The largest absolute Gasteiger partial charge is 0.464 e. The molecule has 2 aromatic carbocycles. The minimum Gasteiger partial charge on any atom is -0.464 e. The highest BCUT2D eigenvalue weighted by molar-refractivity contribution is 6.35. The fourth-order valence-corrected chi connectivity index (χ4v) is 3.95. The molecule has 1 unspecified atom stereocenters. The molecule has 1 N–H and O–H groups in total. The van der Waals surface area contributed by atoms with E-state index in [4.69, 9.17) is 25.5 Å². The lowest BCUT2D eigenvalue weighted by molar-refractivity contribution is -0.0674. The molecule has 0 saturated heterocycles. The molecule has 26 heavy (non-hydrogen) atoms. The Morgan fingerprint density at radius 2 is 2.04 bits per heavy atom. The van der Waals surface area contributed by atoms with Crippen LogP contribution in [0, 0.1) is 0 Å². The van der Waals surface area contributed by atoms with Crippen molar-refractivity contribution >= 4 is 28.1 Å². The van der Waals surface area contributed by atoms with Crippen molar-refractivity contribution in [3.05, 3.63) is 64.9 Å². The molecule has 0 spiro atoms. The summed E-state index contributed by atoms with van der Waals surface area (Å²) < 4.78 is 18.3. The van der Waals surface area contributed by atoms with Crippen molar-refractivity contribution in [3.63, 3.8) is 0 Å². The Morgan fingerprint density at radius 3 is 2.88 bits per heavy atom. The highest BCUT2D eigenvalue weighted by Crippen LogP contribution is 2.49. The molecule has 0 saturated carbocycles. The Morgan fingerprint density at radius 1 is 1.12 bits per heavy atom. The molecule has 3 heterocycles. The van der Waals surface area contributed by atoms with Crippen LogP contribution < -0.4 is 14.8 Å². The number of halogens is 1. The van der Waals surface area contributed by atoms with Gasteiger partial charge in [0.1, 0.15) is 5.58 Å². The molecule has 1 aromatic heterocycles. The first kappa shape index (κ1) is 15.8. The minimum atomic E-state index is -0.966. The summed E-state index contributed by atoms with van der Waals surface area (Å²) in [5.74, 6) is 0.573. The van der Waals surface area contributed by atoms with Crippen molar-refractivity contribution in [2.24, 2.45) is 0 Å². The van der Waals surface area contributed by atoms with Gasteiger partial charge in [-0.3, -0.25) is 0 Å². The zero-order chi connectivity index (χ0) is 17.7. The summed E-state index contributed by atoms with van der Waals surface area (Å²) in [6, 6.07) is 11.7. The first-order valence-electron chi connectivity index (χ1n) is 8.73. The Balaban J connectivity index is 1.61. The molecule has 0 radical (unpaired) electrons. The van der Waals surface area contributed by atoms with Crippen molar-refractivity contribution < 1.29 is 13.9 Å². The van der Waals surface area contributed by atoms with Gasteiger partial charge in [-0.25, -0.2) is 0 Å². The van der Waals surface area contributed by atoms with Crippen molar-refractivity contribution in [2.75, 3.05) is 13.1 Å².